The predicted molar refractivity (Wildman–Crippen MR) is 59.0 cm³/mol. The Morgan fingerprint density at radius 3 is 2.23 bits per heavy atom. The molecule has 0 unspecified atom stereocenters. The van der Waals surface area contributed by atoms with Gasteiger partial charge < -0.3 is 0 Å². The molecule has 0 heterocycles. The van der Waals surface area contributed by atoms with Gasteiger partial charge in [0.1, 0.15) is 5.17 Å². The Morgan fingerprint density at radius 1 is 1.23 bits per heavy atom. The van der Waals surface area contributed by atoms with Gasteiger partial charge in [-0.05, 0) is 26.0 Å². The molecule has 1 aromatic rings. The van der Waals surface area contributed by atoms with Crippen molar-refractivity contribution in [3.63, 3.8) is 0 Å². The molecule has 0 saturated heterocycles. The molecule has 0 aliphatic heterocycles. The molecule has 0 aliphatic carbocycles. The number of halogens is 2. The second-order valence-corrected chi connectivity index (χ2v) is 3.81. The Labute approximate surface area is 88.4 Å². The highest BCUT2D eigenvalue weighted by atomic mass is 35.5. The summed E-state index contributed by atoms with van der Waals surface area (Å²) in [6.07, 6.45) is 0. The Kier molecular flexibility index (Phi) is 3.76. The van der Waals surface area contributed by atoms with Crippen LogP contribution in [0.15, 0.2) is 29.3 Å². The fraction of sp³-hybridized carbons (Fsp3) is 0.300. The molecule has 0 aromatic heterocycles. The minimum atomic E-state index is 0.211. The van der Waals surface area contributed by atoms with E-state index in [1.807, 2.05) is 26.0 Å². The van der Waals surface area contributed by atoms with E-state index in [1.54, 1.807) is 12.1 Å². The molecule has 0 bridgehead atoms. The largest absolute Gasteiger partial charge is 0.270 e. The van der Waals surface area contributed by atoms with E-state index in [1.165, 1.54) is 0 Å². The zero-order valence-corrected chi connectivity index (χ0v) is 9.10. The van der Waals surface area contributed by atoms with E-state index in [4.69, 9.17) is 23.2 Å². The monoisotopic (exact) mass is 215 g/mol. The van der Waals surface area contributed by atoms with Crippen molar-refractivity contribution in [3.05, 3.63) is 34.9 Å². The standard InChI is InChI=1S/C10H11Cl2N/c1-7(2)13-10(12)8-3-5-9(11)6-4-8/h3-7H,1-2H3/b13-10-. The zero-order chi connectivity index (χ0) is 9.84. The van der Waals surface area contributed by atoms with Crippen molar-refractivity contribution < 1.29 is 0 Å². The molecule has 1 nitrogen and oxygen atoms in total. The van der Waals surface area contributed by atoms with Gasteiger partial charge in [0.05, 0.1) is 0 Å². The van der Waals surface area contributed by atoms with E-state index in [0.717, 1.165) is 5.56 Å². The third-order valence-electron chi connectivity index (χ3n) is 1.45. The third kappa shape index (κ3) is 3.37. The number of hydrogen-bond acceptors (Lipinski definition) is 1. The van der Waals surface area contributed by atoms with E-state index < -0.39 is 0 Å². The van der Waals surface area contributed by atoms with Crippen molar-refractivity contribution in [1.82, 2.24) is 0 Å². The summed E-state index contributed by atoms with van der Waals surface area (Å²) in [6.45, 7) is 3.97. The first-order valence-electron chi connectivity index (χ1n) is 4.09. The Hall–Kier alpha value is -0.530. The molecular weight excluding hydrogens is 205 g/mol. The van der Waals surface area contributed by atoms with E-state index in [0.29, 0.717) is 10.2 Å². The number of hydrogen-bond donors (Lipinski definition) is 0. The third-order valence-corrected chi connectivity index (χ3v) is 2.02. The lowest BCUT2D eigenvalue weighted by atomic mass is 10.2. The van der Waals surface area contributed by atoms with Gasteiger partial charge in [-0.1, -0.05) is 35.3 Å². The van der Waals surface area contributed by atoms with Crippen LogP contribution >= 0.6 is 23.2 Å². The maximum absolute atomic E-state index is 5.96. The maximum atomic E-state index is 5.96. The van der Waals surface area contributed by atoms with E-state index in [9.17, 15) is 0 Å². The van der Waals surface area contributed by atoms with Crippen LogP contribution in [0.25, 0.3) is 0 Å². The molecule has 0 radical (unpaired) electrons. The van der Waals surface area contributed by atoms with Gasteiger partial charge in [-0.25, -0.2) is 0 Å². The lowest BCUT2D eigenvalue weighted by molar-refractivity contribution is 0.839. The smallest absolute Gasteiger partial charge is 0.131 e. The molecule has 0 saturated carbocycles. The van der Waals surface area contributed by atoms with Crippen molar-refractivity contribution in [1.29, 1.82) is 0 Å². The summed E-state index contributed by atoms with van der Waals surface area (Å²) >= 11 is 11.7. The van der Waals surface area contributed by atoms with Crippen LogP contribution in [-0.2, 0) is 0 Å². The highest BCUT2D eigenvalue weighted by Crippen LogP contribution is 2.12. The topological polar surface area (TPSA) is 12.4 Å². The molecule has 0 fully saturated rings. The average Bonchev–Trinajstić information content (AvgIpc) is 2.04. The highest BCUT2D eigenvalue weighted by molar-refractivity contribution is 6.69. The van der Waals surface area contributed by atoms with Gasteiger partial charge in [0.2, 0.25) is 0 Å². The fourth-order valence-electron chi connectivity index (χ4n) is 0.889. The summed E-state index contributed by atoms with van der Waals surface area (Å²) in [5.41, 5.74) is 0.903. The quantitative estimate of drug-likeness (QED) is 0.668. The van der Waals surface area contributed by atoms with Gasteiger partial charge in [0.25, 0.3) is 0 Å². The van der Waals surface area contributed by atoms with Crippen LogP contribution in [0.3, 0.4) is 0 Å². The van der Waals surface area contributed by atoms with Gasteiger partial charge in [0, 0.05) is 16.6 Å². The van der Waals surface area contributed by atoms with E-state index in [-0.39, 0.29) is 6.04 Å². The van der Waals surface area contributed by atoms with Crippen LogP contribution < -0.4 is 0 Å². The number of rotatable bonds is 2. The van der Waals surface area contributed by atoms with Crippen molar-refractivity contribution >= 4 is 28.4 Å². The number of aliphatic imine (C=N–C) groups is 1. The zero-order valence-electron chi connectivity index (χ0n) is 7.59. The lowest BCUT2D eigenvalue weighted by Gasteiger charge is -2.01. The van der Waals surface area contributed by atoms with E-state index >= 15 is 0 Å². The van der Waals surface area contributed by atoms with Crippen LogP contribution in [0, 0.1) is 0 Å². The second-order valence-electron chi connectivity index (χ2n) is 3.02. The fourth-order valence-corrected chi connectivity index (χ4v) is 1.34. The summed E-state index contributed by atoms with van der Waals surface area (Å²) < 4.78 is 0. The molecule has 0 aliphatic rings. The first kappa shape index (κ1) is 10.6. The summed E-state index contributed by atoms with van der Waals surface area (Å²) in [5, 5.41) is 1.24. The summed E-state index contributed by atoms with van der Waals surface area (Å²) in [6, 6.07) is 7.53. The molecule has 0 N–H and O–H groups in total. The van der Waals surface area contributed by atoms with Crippen LogP contribution in [0.4, 0.5) is 0 Å². The minimum Gasteiger partial charge on any atom is -0.270 e. The first-order valence-corrected chi connectivity index (χ1v) is 4.84. The maximum Gasteiger partial charge on any atom is 0.131 e. The van der Waals surface area contributed by atoms with Crippen LogP contribution in [-0.4, -0.2) is 11.2 Å². The minimum absolute atomic E-state index is 0.211. The normalized spacial score (nSPS) is 12.2. The van der Waals surface area contributed by atoms with Crippen LogP contribution in [0.2, 0.25) is 5.02 Å². The van der Waals surface area contributed by atoms with Crippen LogP contribution in [0.5, 0.6) is 0 Å². The molecule has 1 rings (SSSR count). The molecule has 1 aromatic carbocycles. The molecule has 0 atom stereocenters. The number of nitrogens with zero attached hydrogens (tertiary/aromatic N) is 1. The Balaban J connectivity index is 2.89. The van der Waals surface area contributed by atoms with Gasteiger partial charge in [-0.2, -0.15) is 0 Å². The van der Waals surface area contributed by atoms with Crippen molar-refractivity contribution in [3.8, 4) is 0 Å². The van der Waals surface area contributed by atoms with E-state index in [2.05, 4.69) is 4.99 Å². The predicted octanol–water partition coefficient (Wildman–Crippen LogP) is 3.73. The SMILES string of the molecule is CC(C)/N=C(\Cl)c1ccc(Cl)cc1. The van der Waals surface area contributed by atoms with Crippen molar-refractivity contribution in [2.24, 2.45) is 4.99 Å². The Morgan fingerprint density at radius 2 is 1.77 bits per heavy atom. The first-order chi connectivity index (χ1) is 6.09. The van der Waals surface area contributed by atoms with Gasteiger partial charge in [-0.15, -0.1) is 0 Å². The molecule has 0 spiro atoms. The lowest BCUT2D eigenvalue weighted by Crippen LogP contribution is -1.97. The number of benzene rings is 1. The van der Waals surface area contributed by atoms with Gasteiger partial charge >= 0.3 is 0 Å². The van der Waals surface area contributed by atoms with Crippen molar-refractivity contribution in [2.75, 3.05) is 0 Å². The van der Waals surface area contributed by atoms with Gasteiger partial charge in [0.15, 0.2) is 0 Å². The summed E-state index contributed by atoms with van der Waals surface area (Å²) in [7, 11) is 0. The Bertz CT molecular complexity index is 301. The van der Waals surface area contributed by atoms with Gasteiger partial charge in [-0.3, -0.25) is 4.99 Å². The molecule has 0 amide bonds. The second kappa shape index (κ2) is 4.64. The molecule has 3 heteroatoms. The molecular formula is C10H11Cl2N. The van der Waals surface area contributed by atoms with Crippen molar-refractivity contribution in [2.45, 2.75) is 19.9 Å². The average molecular weight is 216 g/mol. The molecule has 70 valence electrons. The van der Waals surface area contributed by atoms with Crippen LogP contribution in [0.1, 0.15) is 19.4 Å². The molecule has 13 heavy (non-hydrogen) atoms. The highest BCUT2D eigenvalue weighted by Gasteiger charge is 1.99. The summed E-state index contributed by atoms with van der Waals surface area (Å²) in [5.74, 6) is 0. The summed E-state index contributed by atoms with van der Waals surface area (Å²) in [4.78, 5) is 4.22.